The second-order valence-corrected chi connectivity index (χ2v) is 7.35. The van der Waals surface area contributed by atoms with E-state index in [0.29, 0.717) is 0 Å². The van der Waals surface area contributed by atoms with Crippen LogP contribution in [0.15, 0.2) is 24.3 Å². The van der Waals surface area contributed by atoms with Gasteiger partial charge in [-0.15, -0.1) is 0 Å². The molecule has 0 fully saturated rings. The lowest BCUT2D eigenvalue weighted by Gasteiger charge is -2.33. The second-order valence-electron chi connectivity index (χ2n) is 5.52. The third-order valence-corrected chi connectivity index (χ3v) is 4.61. The Morgan fingerprint density at radius 2 is 2.05 bits per heavy atom. The van der Waals surface area contributed by atoms with E-state index in [1.54, 1.807) is 0 Å². The summed E-state index contributed by atoms with van der Waals surface area (Å²) in [7, 11) is -3.34. The summed E-state index contributed by atoms with van der Waals surface area (Å²) in [4.78, 5) is 11.9. The average Bonchev–Trinajstić information content (AvgIpc) is 2.44. The summed E-state index contributed by atoms with van der Waals surface area (Å²) >= 11 is 0. The third kappa shape index (κ3) is 4.28. The summed E-state index contributed by atoms with van der Waals surface area (Å²) in [6, 6.07) is 8.40. The first-order chi connectivity index (χ1) is 9.90. The molecule has 0 spiro atoms. The summed E-state index contributed by atoms with van der Waals surface area (Å²) in [5.74, 6) is 0.0142. The maximum absolute atomic E-state index is 11.9. The monoisotopic (exact) mass is 310 g/mol. The smallest absolute Gasteiger partial charge is 0.235 e. The van der Waals surface area contributed by atoms with Crippen LogP contribution in [0.5, 0.6) is 0 Å². The van der Waals surface area contributed by atoms with Gasteiger partial charge in [-0.05, 0) is 30.4 Å². The first-order valence-electron chi connectivity index (χ1n) is 7.22. The molecule has 1 aliphatic carbocycles. The molecule has 6 heteroatoms. The summed E-state index contributed by atoms with van der Waals surface area (Å²) < 4.78 is 24.3. The van der Waals surface area contributed by atoms with Gasteiger partial charge >= 0.3 is 0 Å². The minimum absolute atomic E-state index is 0.0683. The summed E-state index contributed by atoms with van der Waals surface area (Å²) in [5.41, 5.74) is 2.65. The predicted octanol–water partition coefficient (Wildman–Crippen LogP) is 1.16. The van der Waals surface area contributed by atoms with E-state index in [-0.39, 0.29) is 24.4 Å². The number of hydrogen-bond acceptors (Lipinski definition) is 3. The normalized spacial score (nSPS) is 21.6. The van der Waals surface area contributed by atoms with Gasteiger partial charge in [0.1, 0.15) is 0 Å². The molecule has 21 heavy (non-hydrogen) atoms. The number of amides is 1. The SMILES string of the molecule is CCC1c2ccccc2CCC1NC(=O)CNS(C)(=O)=O. The molecule has 2 rings (SSSR count). The van der Waals surface area contributed by atoms with Crippen molar-refractivity contribution in [2.24, 2.45) is 0 Å². The van der Waals surface area contributed by atoms with Crippen LogP contribution in [-0.4, -0.2) is 33.2 Å². The van der Waals surface area contributed by atoms with E-state index in [2.05, 4.69) is 29.1 Å². The Hall–Kier alpha value is -1.40. The van der Waals surface area contributed by atoms with E-state index in [9.17, 15) is 13.2 Å². The standard InChI is InChI=1S/C15H22N2O3S/c1-3-12-13-7-5-4-6-11(13)8-9-14(12)17-15(18)10-16-21(2,19)20/h4-7,12,14,16H,3,8-10H2,1-2H3,(H,17,18). The number of benzene rings is 1. The molecule has 0 heterocycles. The number of carbonyl (C=O) groups is 1. The van der Waals surface area contributed by atoms with Gasteiger partial charge in [-0.25, -0.2) is 13.1 Å². The van der Waals surface area contributed by atoms with E-state index in [1.165, 1.54) is 11.1 Å². The minimum Gasteiger partial charge on any atom is -0.352 e. The van der Waals surface area contributed by atoms with Crippen molar-refractivity contribution in [2.75, 3.05) is 12.8 Å². The summed E-state index contributed by atoms with van der Waals surface area (Å²) in [6.45, 7) is 1.91. The van der Waals surface area contributed by atoms with Gasteiger partial charge in [0.05, 0.1) is 12.8 Å². The Morgan fingerprint density at radius 3 is 2.71 bits per heavy atom. The number of sulfonamides is 1. The zero-order chi connectivity index (χ0) is 15.5. The summed E-state index contributed by atoms with van der Waals surface area (Å²) in [5, 5.41) is 2.97. The Balaban J connectivity index is 2.03. The molecule has 2 unspecified atom stereocenters. The van der Waals surface area contributed by atoms with E-state index in [0.717, 1.165) is 25.5 Å². The van der Waals surface area contributed by atoms with Gasteiger partial charge < -0.3 is 5.32 Å². The molecular formula is C15H22N2O3S. The fraction of sp³-hybridized carbons (Fsp3) is 0.533. The zero-order valence-corrected chi connectivity index (χ0v) is 13.2. The zero-order valence-electron chi connectivity index (χ0n) is 12.4. The summed E-state index contributed by atoms with van der Waals surface area (Å²) in [6.07, 6.45) is 3.82. The van der Waals surface area contributed by atoms with Crippen molar-refractivity contribution >= 4 is 15.9 Å². The van der Waals surface area contributed by atoms with Gasteiger partial charge in [0, 0.05) is 12.0 Å². The number of rotatable bonds is 5. The fourth-order valence-corrected chi connectivity index (χ4v) is 3.38. The molecule has 0 saturated carbocycles. The molecule has 2 N–H and O–H groups in total. The van der Waals surface area contributed by atoms with Crippen LogP contribution in [0.25, 0.3) is 0 Å². The molecule has 1 aromatic rings. The largest absolute Gasteiger partial charge is 0.352 e. The Labute approximate surface area is 126 Å². The van der Waals surface area contributed by atoms with Crippen molar-refractivity contribution in [1.82, 2.24) is 10.0 Å². The quantitative estimate of drug-likeness (QED) is 0.857. The molecule has 0 aromatic heterocycles. The molecule has 0 radical (unpaired) electrons. The van der Waals surface area contributed by atoms with Gasteiger partial charge in [0.25, 0.3) is 0 Å². The average molecular weight is 310 g/mol. The van der Waals surface area contributed by atoms with Crippen LogP contribution in [-0.2, 0) is 21.2 Å². The van der Waals surface area contributed by atoms with Crippen molar-refractivity contribution in [3.05, 3.63) is 35.4 Å². The molecule has 1 aliphatic rings. The van der Waals surface area contributed by atoms with Crippen LogP contribution >= 0.6 is 0 Å². The lowest BCUT2D eigenvalue weighted by Crippen LogP contribution is -2.45. The minimum atomic E-state index is -3.34. The maximum Gasteiger partial charge on any atom is 0.235 e. The Kier molecular flexibility index (Phi) is 5.00. The van der Waals surface area contributed by atoms with Gasteiger partial charge in [-0.2, -0.15) is 0 Å². The van der Waals surface area contributed by atoms with Crippen LogP contribution in [0.3, 0.4) is 0 Å². The number of carbonyl (C=O) groups excluding carboxylic acids is 1. The fourth-order valence-electron chi connectivity index (χ4n) is 2.98. The van der Waals surface area contributed by atoms with Gasteiger partial charge in [-0.3, -0.25) is 4.79 Å². The lowest BCUT2D eigenvalue weighted by atomic mass is 9.78. The first-order valence-corrected chi connectivity index (χ1v) is 9.11. The topological polar surface area (TPSA) is 75.3 Å². The highest BCUT2D eigenvalue weighted by Gasteiger charge is 2.29. The van der Waals surface area contributed by atoms with Gasteiger partial charge in [0.2, 0.25) is 15.9 Å². The van der Waals surface area contributed by atoms with Crippen LogP contribution in [0.2, 0.25) is 0 Å². The van der Waals surface area contributed by atoms with Crippen LogP contribution in [0, 0.1) is 0 Å². The van der Waals surface area contributed by atoms with Crippen molar-refractivity contribution in [3.63, 3.8) is 0 Å². The molecular weight excluding hydrogens is 288 g/mol. The molecule has 0 bridgehead atoms. The van der Waals surface area contributed by atoms with E-state index in [1.807, 2.05) is 12.1 Å². The highest BCUT2D eigenvalue weighted by atomic mass is 32.2. The number of fused-ring (bicyclic) bond motifs is 1. The second kappa shape index (κ2) is 6.58. The Bertz CT molecular complexity index is 613. The first kappa shape index (κ1) is 16.0. The number of hydrogen-bond donors (Lipinski definition) is 2. The van der Waals surface area contributed by atoms with Crippen LogP contribution < -0.4 is 10.0 Å². The van der Waals surface area contributed by atoms with Crippen molar-refractivity contribution in [2.45, 2.75) is 38.1 Å². The maximum atomic E-state index is 11.9. The van der Waals surface area contributed by atoms with Gasteiger partial charge in [0.15, 0.2) is 0 Å². The van der Waals surface area contributed by atoms with E-state index in [4.69, 9.17) is 0 Å². The molecule has 5 nitrogen and oxygen atoms in total. The third-order valence-electron chi connectivity index (χ3n) is 3.95. The van der Waals surface area contributed by atoms with Gasteiger partial charge in [-0.1, -0.05) is 31.2 Å². The molecule has 2 atom stereocenters. The van der Waals surface area contributed by atoms with Crippen LogP contribution in [0.4, 0.5) is 0 Å². The Morgan fingerprint density at radius 1 is 1.33 bits per heavy atom. The molecule has 116 valence electrons. The van der Waals surface area contributed by atoms with Crippen molar-refractivity contribution in [3.8, 4) is 0 Å². The van der Waals surface area contributed by atoms with E-state index >= 15 is 0 Å². The van der Waals surface area contributed by atoms with E-state index < -0.39 is 10.0 Å². The number of aryl methyl sites for hydroxylation is 1. The number of nitrogens with one attached hydrogen (secondary N) is 2. The predicted molar refractivity (Wildman–Crippen MR) is 82.6 cm³/mol. The molecule has 0 aliphatic heterocycles. The van der Waals surface area contributed by atoms with Crippen molar-refractivity contribution in [1.29, 1.82) is 0 Å². The molecule has 1 amide bonds. The molecule has 0 saturated heterocycles. The highest BCUT2D eigenvalue weighted by molar-refractivity contribution is 7.88. The van der Waals surface area contributed by atoms with Crippen molar-refractivity contribution < 1.29 is 13.2 Å². The highest BCUT2D eigenvalue weighted by Crippen LogP contribution is 2.33. The lowest BCUT2D eigenvalue weighted by molar-refractivity contribution is -0.120. The van der Waals surface area contributed by atoms with Crippen LogP contribution in [0.1, 0.15) is 36.8 Å². The molecule has 1 aromatic carbocycles.